The number of H-pyrrole nitrogens is 1. The van der Waals surface area contributed by atoms with Crippen LogP contribution >= 0.6 is 11.3 Å². The molecule has 3 aromatic heterocycles. The zero-order valence-corrected chi connectivity index (χ0v) is 16.2. The van der Waals surface area contributed by atoms with Crippen molar-refractivity contribution in [3.63, 3.8) is 0 Å². The van der Waals surface area contributed by atoms with Crippen LogP contribution in [0.15, 0.2) is 36.8 Å². The molecule has 4 rings (SSSR count). The van der Waals surface area contributed by atoms with Gasteiger partial charge in [0.1, 0.15) is 12.1 Å². The molecule has 1 aliphatic rings. The Morgan fingerprint density at radius 3 is 3.11 bits per heavy atom. The smallest absolute Gasteiger partial charge is 0.129 e. The molecule has 0 amide bonds. The van der Waals surface area contributed by atoms with Crippen LogP contribution in [0.2, 0.25) is 0 Å². The molecule has 142 valence electrons. The Balaban J connectivity index is 1.25. The summed E-state index contributed by atoms with van der Waals surface area (Å²) in [5.41, 5.74) is 2.14. The molecule has 1 aliphatic heterocycles. The number of likely N-dealkylation sites (N-methyl/N-ethyl adjacent to an activating group) is 1. The number of anilines is 1. The molecule has 1 saturated heterocycles. The Hall–Kier alpha value is -2.29. The van der Waals surface area contributed by atoms with E-state index in [1.54, 1.807) is 23.9 Å². The summed E-state index contributed by atoms with van der Waals surface area (Å²) in [4.78, 5) is 13.6. The van der Waals surface area contributed by atoms with Crippen molar-refractivity contribution in [1.82, 2.24) is 25.1 Å². The van der Waals surface area contributed by atoms with Crippen molar-refractivity contribution in [2.45, 2.75) is 18.9 Å². The summed E-state index contributed by atoms with van der Waals surface area (Å²) in [6, 6.07) is 8.38. The van der Waals surface area contributed by atoms with Gasteiger partial charge in [-0.2, -0.15) is 5.10 Å². The number of aromatic nitrogens is 4. The van der Waals surface area contributed by atoms with Crippen LogP contribution < -0.4 is 5.32 Å². The Bertz CT molecular complexity index is 844. The van der Waals surface area contributed by atoms with Crippen LogP contribution in [0, 0.1) is 0 Å². The second-order valence-corrected chi connectivity index (χ2v) is 7.96. The van der Waals surface area contributed by atoms with Gasteiger partial charge in [-0.15, -0.1) is 11.3 Å². The fourth-order valence-electron chi connectivity index (χ4n) is 3.18. The van der Waals surface area contributed by atoms with Crippen molar-refractivity contribution < 1.29 is 4.74 Å². The number of nitrogens with one attached hydrogen (secondary N) is 2. The van der Waals surface area contributed by atoms with Crippen LogP contribution in [-0.2, 0) is 11.3 Å². The Labute approximate surface area is 162 Å². The first-order valence-corrected chi connectivity index (χ1v) is 10.00. The molecule has 0 unspecified atom stereocenters. The van der Waals surface area contributed by atoms with Gasteiger partial charge in [0.05, 0.1) is 22.9 Å². The maximum Gasteiger partial charge on any atom is 0.129 e. The van der Waals surface area contributed by atoms with Gasteiger partial charge >= 0.3 is 0 Å². The van der Waals surface area contributed by atoms with Crippen LogP contribution in [-0.4, -0.2) is 58.4 Å². The van der Waals surface area contributed by atoms with E-state index in [1.807, 2.05) is 6.07 Å². The number of hydrogen-bond donors (Lipinski definition) is 2. The van der Waals surface area contributed by atoms with Gasteiger partial charge in [0.2, 0.25) is 0 Å². The summed E-state index contributed by atoms with van der Waals surface area (Å²) >= 11 is 1.80. The summed E-state index contributed by atoms with van der Waals surface area (Å²) in [6.45, 7) is 4.29. The van der Waals surface area contributed by atoms with E-state index in [-0.39, 0.29) is 0 Å². The Kier molecular flexibility index (Phi) is 5.76. The third-order valence-electron chi connectivity index (χ3n) is 4.69. The minimum atomic E-state index is 0.402. The first-order valence-electron chi connectivity index (χ1n) is 9.18. The molecular weight excluding hydrogens is 360 g/mol. The summed E-state index contributed by atoms with van der Waals surface area (Å²) < 4.78 is 5.45. The van der Waals surface area contributed by atoms with Gasteiger partial charge in [0, 0.05) is 49.3 Å². The zero-order valence-electron chi connectivity index (χ0n) is 15.4. The molecule has 0 aromatic carbocycles. The standard InChI is InChI=1S/C19H24N6OS/c1-25(11-15-2-3-18(27-15)16-4-6-23-24-16)8-7-20-19-10-17(21-13-22-19)14-5-9-26-12-14/h2-4,6,10,13-14H,5,7-9,11-12H2,1H3,(H,23,24)(H,20,21,22)/t14-/m0/s1. The van der Waals surface area contributed by atoms with Crippen molar-refractivity contribution in [3.8, 4) is 10.6 Å². The van der Waals surface area contributed by atoms with E-state index in [9.17, 15) is 0 Å². The molecule has 0 bridgehead atoms. The van der Waals surface area contributed by atoms with Crippen LogP contribution in [0.5, 0.6) is 0 Å². The fourth-order valence-corrected chi connectivity index (χ4v) is 4.24. The average molecular weight is 385 g/mol. The highest BCUT2D eigenvalue weighted by atomic mass is 32.1. The summed E-state index contributed by atoms with van der Waals surface area (Å²) in [7, 11) is 2.14. The third kappa shape index (κ3) is 4.71. The predicted molar refractivity (Wildman–Crippen MR) is 107 cm³/mol. The largest absolute Gasteiger partial charge is 0.381 e. The molecule has 3 aromatic rings. The highest BCUT2D eigenvalue weighted by Gasteiger charge is 2.19. The van der Waals surface area contributed by atoms with Crippen molar-refractivity contribution in [2.24, 2.45) is 0 Å². The Morgan fingerprint density at radius 2 is 2.30 bits per heavy atom. The average Bonchev–Trinajstić information content (AvgIpc) is 3.43. The quantitative estimate of drug-likeness (QED) is 0.622. The van der Waals surface area contributed by atoms with Gasteiger partial charge in [0.15, 0.2) is 0 Å². The molecular formula is C19H24N6OS. The maximum atomic E-state index is 5.45. The minimum absolute atomic E-state index is 0.402. The molecule has 0 radical (unpaired) electrons. The van der Waals surface area contributed by atoms with Gasteiger partial charge in [0.25, 0.3) is 0 Å². The molecule has 4 heterocycles. The highest BCUT2D eigenvalue weighted by molar-refractivity contribution is 7.15. The fraction of sp³-hybridized carbons (Fsp3) is 0.421. The van der Waals surface area contributed by atoms with E-state index in [1.165, 1.54) is 9.75 Å². The van der Waals surface area contributed by atoms with Gasteiger partial charge in [-0.05, 0) is 31.7 Å². The number of ether oxygens (including phenoxy) is 1. The molecule has 0 spiro atoms. The van der Waals surface area contributed by atoms with E-state index in [0.717, 1.165) is 56.5 Å². The SMILES string of the molecule is CN(CCNc1cc([C@H]2CCOC2)ncn1)Cc1ccc(-c2ccn[nH]2)s1. The zero-order chi connectivity index (χ0) is 18.5. The summed E-state index contributed by atoms with van der Waals surface area (Å²) in [5, 5.41) is 10.4. The normalized spacial score (nSPS) is 16.9. The lowest BCUT2D eigenvalue weighted by Crippen LogP contribution is -2.24. The first-order chi connectivity index (χ1) is 13.3. The van der Waals surface area contributed by atoms with Crippen LogP contribution in [0.1, 0.15) is 22.9 Å². The monoisotopic (exact) mass is 384 g/mol. The third-order valence-corrected chi connectivity index (χ3v) is 5.79. The van der Waals surface area contributed by atoms with Crippen LogP contribution in [0.3, 0.4) is 0 Å². The van der Waals surface area contributed by atoms with E-state index in [2.05, 4.69) is 55.6 Å². The number of aromatic amines is 1. The van der Waals surface area contributed by atoms with Crippen molar-refractivity contribution in [1.29, 1.82) is 0 Å². The lowest BCUT2D eigenvalue weighted by atomic mass is 10.1. The molecule has 1 fully saturated rings. The molecule has 0 aliphatic carbocycles. The van der Waals surface area contributed by atoms with Gasteiger partial charge < -0.3 is 10.1 Å². The summed E-state index contributed by atoms with van der Waals surface area (Å²) in [6.07, 6.45) is 4.47. The maximum absolute atomic E-state index is 5.45. The van der Waals surface area contributed by atoms with E-state index < -0.39 is 0 Å². The summed E-state index contributed by atoms with van der Waals surface area (Å²) in [5.74, 6) is 1.29. The number of nitrogens with zero attached hydrogens (tertiary/aromatic N) is 4. The highest BCUT2D eigenvalue weighted by Crippen LogP contribution is 2.27. The molecule has 0 saturated carbocycles. The predicted octanol–water partition coefficient (Wildman–Crippen LogP) is 2.98. The molecule has 8 heteroatoms. The van der Waals surface area contributed by atoms with E-state index in [0.29, 0.717) is 5.92 Å². The Morgan fingerprint density at radius 1 is 1.33 bits per heavy atom. The van der Waals surface area contributed by atoms with Crippen molar-refractivity contribution >= 4 is 17.2 Å². The second-order valence-electron chi connectivity index (χ2n) is 6.79. The lowest BCUT2D eigenvalue weighted by Gasteiger charge is -2.16. The molecule has 7 nitrogen and oxygen atoms in total. The number of rotatable bonds is 8. The number of thiophene rings is 1. The van der Waals surface area contributed by atoms with Gasteiger partial charge in [-0.3, -0.25) is 10.00 Å². The van der Waals surface area contributed by atoms with Crippen molar-refractivity contribution in [2.75, 3.05) is 38.7 Å². The van der Waals surface area contributed by atoms with Gasteiger partial charge in [-0.1, -0.05) is 0 Å². The van der Waals surface area contributed by atoms with E-state index >= 15 is 0 Å². The topological polar surface area (TPSA) is 79.0 Å². The first kappa shape index (κ1) is 18.1. The molecule has 27 heavy (non-hydrogen) atoms. The molecule has 2 N–H and O–H groups in total. The second kappa shape index (κ2) is 8.60. The van der Waals surface area contributed by atoms with Crippen LogP contribution in [0.25, 0.3) is 10.6 Å². The van der Waals surface area contributed by atoms with E-state index in [4.69, 9.17) is 4.74 Å². The van der Waals surface area contributed by atoms with Gasteiger partial charge in [-0.25, -0.2) is 9.97 Å². The van der Waals surface area contributed by atoms with Crippen molar-refractivity contribution in [3.05, 3.63) is 47.4 Å². The lowest BCUT2D eigenvalue weighted by molar-refractivity contribution is 0.193. The number of hydrogen-bond acceptors (Lipinski definition) is 7. The van der Waals surface area contributed by atoms with Crippen LogP contribution in [0.4, 0.5) is 5.82 Å². The molecule has 1 atom stereocenters. The minimum Gasteiger partial charge on any atom is -0.381 e.